The number of hydrogen-bond donors (Lipinski definition) is 1. The number of hydrogen-bond acceptors (Lipinski definition) is 2. The van der Waals surface area contributed by atoms with Gasteiger partial charge in [-0.3, -0.25) is 0 Å². The standard InChI is InChI=1S/C16H15N3/c17-12-13-2-4-14(5-3-13)15-6-8-16(9-7-15)19-11-1-10-18-19/h1-11H,12,17H2. The van der Waals surface area contributed by atoms with E-state index in [0.29, 0.717) is 6.54 Å². The molecule has 1 aromatic heterocycles. The van der Waals surface area contributed by atoms with Gasteiger partial charge < -0.3 is 5.73 Å². The molecule has 3 nitrogen and oxygen atoms in total. The van der Waals surface area contributed by atoms with Crippen molar-refractivity contribution in [1.29, 1.82) is 0 Å². The van der Waals surface area contributed by atoms with Gasteiger partial charge in [0.05, 0.1) is 5.69 Å². The molecule has 3 heteroatoms. The maximum atomic E-state index is 5.60. The first-order valence-corrected chi connectivity index (χ1v) is 6.26. The van der Waals surface area contributed by atoms with Gasteiger partial charge >= 0.3 is 0 Å². The van der Waals surface area contributed by atoms with Crippen molar-refractivity contribution in [3.05, 3.63) is 72.6 Å². The quantitative estimate of drug-likeness (QED) is 0.775. The van der Waals surface area contributed by atoms with E-state index >= 15 is 0 Å². The predicted molar refractivity (Wildman–Crippen MR) is 76.9 cm³/mol. The molecule has 19 heavy (non-hydrogen) atoms. The average Bonchev–Trinajstić information content (AvgIpc) is 3.02. The average molecular weight is 249 g/mol. The molecule has 94 valence electrons. The van der Waals surface area contributed by atoms with Crippen LogP contribution in [0.4, 0.5) is 0 Å². The molecule has 0 unspecified atom stereocenters. The second-order valence-corrected chi connectivity index (χ2v) is 4.40. The van der Waals surface area contributed by atoms with Crippen molar-refractivity contribution < 1.29 is 0 Å². The number of nitrogens with zero attached hydrogens (tertiary/aromatic N) is 2. The fraction of sp³-hybridized carbons (Fsp3) is 0.0625. The Morgan fingerprint density at radius 3 is 2.05 bits per heavy atom. The summed E-state index contributed by atoms with van der Waals surface area (Å²) >= 11 is 0. The first-order valence-electron chi connectivity index (χ1n) is 6.26. The fourth-order valence-electron chi connectivity index (χ4n) is 2.06. The van der Waals surface area contributed by atoms with E-state index in [9.17, 15) is 0 Å². The lowest BCUT2D eigenvalue weighted by molar-refractivity contribution is 0.881. The number of aromatic nitrogens is 2. The molecule has 0 radical (unpaired) electrons. The third-order valence-corrected chi connectivity index (χ3v) is 3.16. The zero-order chi connectivity index (χ0) is 13.1. The zero-order valence-electron chi connectivity index (χ0n) is 10.5. The van der Waals surface area contributed by atoms with Crippen molar-refractivity contribution in [3.8, 4) is 16.8 Å². The van der Waals surface area contributed by atoms with Gasteiger partial charge in [0.1, 0.15) is 0 Å². The molecule has 3 rings (SSSR count). The van der Waals surface area contributed by atoms with E-state index in [1.807, 2.05) is 16.9 Å². The third-order valence-electron chi connectivity index (χ3n) is 3.16. The van der Waals surface area contributed by atoms with E-state index in [1.54, 1.807) is 6.20 Å². The molecule has 1 heterocycles. The summed E-state index contributed by atoms with van der Waals surface area (Å²) in [5.41, 5.74) is 10.2. The molecule has 0 aliphatic heterocycles. The lowest BCUT2D eigenvalue weighted by atomic mass is 10.0. The minimum Gasteiger partial charge on any atom is -0.326 e. The number of benzene rings is 2. The lowest BCUT2D eigenvalue weighted by Gasteiger charge is -2.05. The Kier molecular flexibility index (Phi) is 3.12. The first-order chi connectivity index (χ1) is 9.36. The maximum Gasteiger partial charge on any atom is 0.0645 e. The van der Waals surface area contributed by atoms with E-state index in [4.69, 9.17) is 5.73 Å². The molecule has 0 aliphatic carbocycles. The molecular weight excluding hydrogens is 234 g/mol. The Morgan fingerprint density at radius 1 is 0.895 bits per heavy atom. The Morgan fingerprint density at radius 2 is 1.53 bits per heavy atom. The van der Waals surface area contributed by atoms with Crippen LogP contribution < -0.4 is 5.73 Å². The number of rotatable bonds is 3. The topological polar surface area (TPSA) is 43.8 Å². The maximum absolute atomic E-state index is 5.60. The van der Waals surface area contributed by atoms with Gasteiger partial charge in [-0.1, -0.05) is 36.4 Å². The van der Waals surface area contributed by atoms with Gasteiger partial charge in [0.2, 0.25) is 0 Å². The van der Waals surface area contributed by atoms with Crippen molar-refractivity contribution in [1.82, 2.24) is 9.78 Å². The van der Waals surface area contributed by atoms with Gasteiger partial charge in [-0.15, -0.1) is 0 Å². The van der Waals surface area contributed by atoms with E-state index < -0.39 is 0 Å². The summed E-state index contributed by atoms with van der Waals surface area (Å²) in [6.45, 7) is 0.582. The van der Waals surface area contributed by atoms with E-state index in [0.717, 1.165) is 11.3 Å². The van der Waals surface area contributed by atoms with Crippen LogP contribution in [-0.4, -0.2) is 9.78 Å². The van der Waals surface area contributed by atoms with Crippen LogP contribution >= 0.6 is 0 Å². The van der Waals surface area contributed by atoms with Gasteiger partial charge in [0, 0.05) is 18.9 Å². The van der Waals surface area contributed by atoms with Crippen molar-refractivity contribution in [2.75, 3.05) is 0 Å². The summed E-state index contributed by atoms with van der Waals surface area (Å²) in [5.74, 6) is 0. The summed E-state index contributed by atoms with van der Waals surface area (Å²) in [7, 11) is 0. The van der Waals surface area contributed by atoms with Crippen LogP contribution in [0.2, 0.25) is 0 Å². The lowest BCUT2D eigenvalue weighted by Crippen LogP contribution is -1.95. The highest BCUT2D eigenvalue weighted by Gasteiger charge is 2.00. The highest BCUT2D eigenvalue weighted by atomic mass is 15.3. The van der Waals surface area contributed by atoms with Gasteiger partial charge in [-0.05, 0) is 34.9 Å². The van der Waals surface area contributed by atoms with Crippen LogP contribution in [0.15, 0.2) is 67.0 Å². The van der Waals surface area contributed by atoms with Crippen LogP contribution in [0.5, 0.6) is 0 Å². The van der Waals surface area contributed by atoms with Crippen molar-refractivity contribution in [2.24, 2.45) is 5.73 Å². The van der Waals surface area contributed by atoms with E-state index in [-0.39, 0.29) is 0 Å². The fourth-order valence-corrected chi connectivity index (χ4v) is 2.06. The molecule has 0 saturated carbocycles. The van der Waals surface area contributed by atoms with Gasteiger partial charge in [-0.2, -0.15) is 5.10 Å². The largest absolute Gasteiger partial charge is 0.326 e. The minimum atomic E-state index is 0.582. The molecule has 2 N–H and O–H groups in total. The van der Waals surface area contributed by atoms with Gasteiger partial charge in [0.15, 0.2) is 0 Å². The SMILES string of the molecule is NCc1ccc(-c2ccc(-n3cccn3)cc2)cc1. The summed E-state index contributed by atoms with van der Waals surface area (Å²) in [6, 6.07) is 18.6. The highest BCUT2D eigenvalue weighted by molar-refractivity contribution is 5.64. The van der Waals surface area contributed by atoms with Crippen LogP contribution in [0.25, 0.3) is 16.8 Å². The third kappa shape index (κ3) is 2.41. The van der Waals surface area contributed by atoms with E-state index in [2.05, 4.69) is 53.6 Å². The summed E-state index contributed by atoms with van der Waals surface area (Å²) in [4.78, 5) is 0. The summed E-state index contributed by atoms with van der Waals surface area (Å²) in [6.07, 6.45) is 3.71. The van der Waals surface area contributed by atoms with Crippen molar-refractivity contribution in [2.45, 2.75) is 6.54 Å². The monoisotopic (exact) mass is 249 g/mol. The Balaban J connectivity index is 1.89. The first kappa shape index (κ1) is 11.7. The molecule has 0 bridgehead atoms. The second kappa shape index (κ2) is 5.08. The summed E-state index contributed by atoms with van der Waals surface area (Å²) in [5, 5.41) is 4.21. The summed E-state index contributed by atoms with van der Waals surface area (Å²) < 4.78 is 1.85. The van der Waals surface area contributed by atoms with Crippen molar-refractivity contribution in [3.63, 3.8) is 0 Å². The smallest absolute Gasteiger partial charge is 0.0645 e. The molecular formula is C16H15N3. The normalized spacial score (nSPS) is 10.6. The minimum absolute atomic E-state index is 0.582. The Labute approximate surface area is 112 Å². The highest BCUT2D eigenvalue weighted by Crippen LogP contribution is 2.21. The Hall–Kier alpha value is -2.39. The number of nitrogens with two attached hydrogens (primary N) is 1. The van der Waals surface area contributed by atoms with Crippen LogP contribution in [-0.2, 0) is 6.54 Å². The molecule has 0 fully saturated rings. The van der Waals surface area contributed by atoms with Gasteiger partial charge in [-0.25, -0.2) is 4.68 Å². The molecule has 3 aromatic rings. The van der Waals surface area contributed by atoms with Gasteiger partial charge in [0.25, 0.3) is 0 Å². The van der Waals surface area contributed by atoms with E-state index in [1.165, 1.54) is 11.1 Å². The van der Waals surface area contributed by atoms with Crippen LogP contribution in [0.3, 0.4) is 0 Å². The molecule has 0 atom stereocenters. The molecule has 2 aromatic carbocycles. The van der Waals surface area contributed by atoms with Crippen LogP contribution in [0, 0.1) is 0 Å². The predicted octanol–water partition coefficient (Wildman–Crippen LogP) is 3.00. The second-order valence-electron chi connectivity index (χ2n) is 4.40. The molecule has 0 amide bonds. The van der Waals surface area contributed by atoms with Crippen molar-refractivity contribution >= 4 is 0 Å². The zero-order valence-corrected chi connectivity index (χ0v) is 10.5. The van der Waals surface area contributed by atoms with Crippen LogP contribution in [0.1, 0.15) is 5.56 Å². The Bertz CT molecular complexity index is 637. The molecule has 0 spiro atoms. The molecule has 0 saturated heterocycles. The molecule has 0 aliphatic rings.